The lowest BCUT2D eigenvalue weighted by Crippen LogP contribution is -3.27. The molecule has 0 saturated carbocycles. The summed E-state index contributed by atoms with van der Waals surface area (Å²) in [6, 6.07) is 5.53. The number of likely N-dealkylation sites (N-methyl/N-ethyl adjacent to an activating group) is 1. The van der Waals surface area contributed by atoms with Crippen molar-refractivity contribution in [2.45, 2.75) is 6.42 Å². The molecule has 0 amide bonds. The van der Waals surface area contributed by atoms with Gasteiger partial charge in [-0.25, -0.2) is 0 Å². The van der Waals surface area contributed by atoms with Crippen molar-refractivity contribution in [2.75, 3.05) is 58.7 Å². The van der Waals surface area contributed by atoms with Gasteiger partial charge in [-0.1, -0.05) is 11.6 Å². The molecule has 0 unspecified atom stereocenters. The van der Waals surface area contributed by atoms with Gasteiger partial charge in [0.1, 0.15) is 31.9 Å². The molecule has 0 atom stereocenters. The van der Waals surface area contributed by atoms with E-state index in [1.807, 2.05) is 18.2 Å². The van der Waals surface area contributed by atoms with Crippen molar-refractivity contribution in [1.82, 2.24) is 5.32 Å². The van der Waals surface area contributed by atoms with Gasteiger partial charge in [0.2, 0.25) is 0 Å². The quantitative estimate of drug-likeness (QED) is 0.406. The molecule has 0 radical (unpaired) electrons. The predicted octanol–water partition coefficient (Wildman–Crippen LogP) is -0.562. The van der Waals surface area contributed by atoms with E-state index in [1.165, 1.54) is 32.7 Å². The average Bonchev–Trinajstić information content (AvgIpc) is 2.53. The lowest BCUT2D eigenvalue weighted by molar-refractivity contribution is -1.00. The largest absolute Gasteiger partial charge is 0.495 e. The Bertz CT molecular complexity index is 521. The minimum absolute atomic E-state index is 0.570. The monoisotopic (exact) mass is 358 g/mol. The summed E-state index contributed by atoms with van der Waals surface area (Å²) in [6.45, 7) is 7.21. The Hall–Kier alpha value is -1.08. The molecule has 1 saturated heterocycles. The van der Waals surface area contributed by atoms with Crippen molar-refractivity contribution >= 4 is 34.6 Å². The fourth-order valence-electron chi connectivity index (χ4n) is 2.74. The van der Waals surface area contributed by atoms with E-state index in [9.17, 15) is 0 Å². The van der Waals surface area contributed by atoms with Crippen molar-refractivity contribution < 1.29 is 14.5 Å². The smallest absolute Gasteiger partial charge is 0.170 e. The van der Waals surface area contributed by atoms with Crippen LogP contribution in [0.5, 0.6) is 5.75 Å². The summed E-state index contributed by atoms with van der Waals surface area (Å²) >= 11 is 11.4. The van der Waals surface area contributed by atoms with E-state index in [-0.39, 0.29) is 0 Å². The van der Waals surface area contributed by atoms with E-state index < -0.39 is 0 Å². The number of anilines is 1. The normalized spacial score (nSPS) is 20.8. The Morgan fingerprint density at radius 2 is 2.04 bits per heavy atom. The molecule has 1 aromatic carbocycles. The van der Waals surface area contributed by atoms with Crippen LogP contribution in [0.15, 0.2) is 18.2 Å². The van der Waals surface area contributed by atoms with Gasteiger partial charge in [-0.15, -0.1) is 0 Å². The Morgan fingerprint density at radius 1 is 1.30 bits per heavy atom. The van der Waals surface area contributed by atoms with Crippen LogP contribution < -0.4 is 25.2 Å². The number of ether oxygens (including phenoxy) is 1. The number of quaternary nitrogens is 2. The first-order chi connectivity index (χ1) is 11.1. The molecule has 23 heavy (non-hydrogen) atoms. The second kappa shape index (κ2) is 9.27. The van der Waals surface area contributed by atoms with Gasteiger partial charge in [0, 0.05) is 18.7 Å². The van der Waals surface area contributed by atoms with Crippen LogP contribution in [0.1, 0.15) is 6.42 Å². The van der Waals surface area contributed by atoms with E-state index in [1.54, 1.807) is 16.9 Å². The molecule has 1 fully saturated rings. The molecule has 0 spiro atoms. The van der Waals surface area contributed by atoms with Crippen molar-refractivity contribution in [3.63, 3.8) is 0 Å². The number of nitrogens with one attached hydrogen (secondary N) is 4. The summed E-state index contributed by atoms with van der Waals surface area (Å²) in [7, 11) is 3.87. The van der Waals surface area contributed by atoms with Crippen molar-refractivity contribution in [2.24, 2.45) is 0 Å². The van der Waals surface area contributed by atoms with E-state index in [0.29, 0.717) is 15.9 Å². The zero-order valence-electron chi connectivity index (χ0n) is 13.9. The maximum absolute atomic E-state index is 6.10. The molecular weight excluding hydrogens is 332 g/mol. The standard InChI is InChI=1S/C16H25ClN4OS/c1-20-8-10-21(11-9-20)7-3-6-18-16(23)19-13-4-5-15(22-2)14(17)12-13/h4-5,12H,3,6-11H2,1-2H3,(H2,18,19,23)/p+2. The van der Waals surface area contributed by atoms with Crippen molar-refractivity contribution in [1.29, 1.82) is 0 Å². The number of thiocarbonyl (C=S) groups is 1. The van der Waals surface area contributed by atoms with Crippen molar-refractivity contribution in [3.8, 4) is 5.75 Å². The van der Waals surface area contributed by atoms with E-state index in [2.05, 4.69) is 17.7 Å². The number of piperazine rings is 1. The molecule has 2 rings (SSSR count). The Balaban J connectivity index is 1.64. The lowest BCUT2D eigenvalue weighted by Gasteiger charge is -2.27. The van der Waals surface area contributed by atoms with Crippen LogP contribution in [0.25, 0.3) is 0 Å². The van der Waals surface area contributed by atoms with Gasteiger partial charge in [0.05, 0.1) is 25.7 Å². The van der Waals surface area contributed by atoms with Gasteiger partial charge in [-0.3, -0.25) is 0 Å². The highest BCUT2D eigenvalue weighted by atomic mass is 35.5. The molecule has 5 nitrogen and oxygen atoms in total. The first kappa shape index (κ1) is 18.3. The molecule has 1 aliphatic rings. The number of hydrogen-bond acceptors (Lipinski definition) is 2. The topological polar surface area (TPSA) is 42.2 Å². The third kappa shape index (κ3) is 6.14. The fraction of sp³-hybridized carbons (Fsp3) is 0.562. The number of methoxy groups -OCH3 is 1. The Morgan fingerprint density at radius 3 is 2.70 bits per heavy atom. The minimum Gasteiger partial charge on any atom is -0.495 e. The van der Waals surface area contributed by atoms with E-state index in [0.717, 1.165) is 18.7 Å². The van der Waals surface area contributed by atoms with Gasteiger partial charge >= 0.3 is 0 Å². The number of rotatable bonds is 6. The van der Waals surface area contributed by atoms with Crippen LogP contribution >= 0.6 is 23.8 Å². The molecule has 7 heteroatoms. The van der Waals surface area contributed by atoms with Gasteiger partial charge < -0.3 is 25.2 Å². The number of hydrogen-bond donors (Lipinski definition) is 4. The predicted molar refractivity (Wildman–Crippen MR) is 99.0 cm³/mol. The zero-order valence-corrected chi connectivity index (χ0v) is 15.4. The molecule has 1 aromatic rings. The van der Waals surface area contributed by atoms with Gasteiger partial charge in [-0.05, 0) is 30.4 Å². The molecule has 1 aliphatic heterocycles. The van der Waals surface area contributed by atoms with E-state index in [4.69, 9.17) is 28.6 Å². The minimum atomic E-state index is 0.570. The van der Waals surface area contributed by atoms with Crippen LogP contribution in [0, 0.1) is 0 Å². The van der Waals surface area contributed by atoms with Crippen LogP contribution in [0.2, 0.25) is 5.02 Å². The van der Waals surface area contributed by atoms with Gasteiger partial charge in [0.15, 0.2) is 5.11 Å². The number of halogens is 1. The molecular formula is C16H27ClN4OS+2. The van der Waals surface area contributed by atoms with Crippen LogP contribution in [-0.2, 0) is 0 Å². The second-order valence-electron chi connectivity index (χ2n) is 6.04. The second-order valence-corrected chi connectivity index (χ2v) is 6.86. The van der Waals surface area contributed by atoms with Gasteiger partial charge in [0.25, 0.3) is 0 Å². The van der Waals surface area contributed by atoms with Crippen LogP contribution in [0.4, 0.5) is 5.69 Å². The maximum Gasteiger partial charge on any atom is 0.170 e. The maximum atomic E-state index is 6.10. The summed E-state index contributed by atoms with van der Waals surface area (Å²) in [5.74, 6) is 0.660. The first-order valence-electron chi connectivity index (χ1n) is 8.11. The summed E-state index contributed by atoms with van der Waals surface area (Å²) < 4.78 is 5.14. The lowest BCUT2D eigenvalue weighted by atomic mass is 10.3. The van der Waals surface area contributed by atoms with Crippen LogP contribution in [-0.4, -0.2) is 58.5 Å². The molecule has 0 aliphatic carbocycles. The van der Waals surface area contributed by atoms with Gasteiger partial charge in [-0.2, -0.15) is 0 Å². The number of benzene rings is 1. The first-order valence-corrected chi connectivity index (χ1v) is 8.90. The highest BCUT2D eigenvalue weighted by molar-refractivity contribution is 7.80. The summed E-state index contributed by atoms with van der Waals surface area (Å²) in [6.07, 6.45) is 1.12. The Labute approximate surface area is 148 Å². The summed E-state index contributed by atoms with van der Waals surface area (Å²) in [5.41, 5.74) is 0.862. The molecule has 0 aromatic heterocycles. The molecule has 1 heterocycles. The van der Waals surface area contributed by atoms with E-state index >= 15 is 0 Å². The average molecular weight is 359 g/mol. The fourth-order valence-corrected chi connectivity index (χ4v) is 3.22. The third-order valence-electron chi connectivity index (χ3n) is 4.21. The molecule has 4 N–H and O–H groups in total. The third-order valence-corrected chi connectivity index (χ3v) is 4.75. The Kier molecular flexibility index (Phi) is 7.36. The highest BCUT2D eigenvalue weighted by Crippen LogP contribution is 2.27. The highest BCUT2D eigenvalue weighted by Gasteiger charge is 2.18. The van der Waals surface area contributed by atoms with Crippen LogP contribution in [0.3, 0.4) is 0 Å². The summed E-state index contributed by atoms with van der Waals surface area (Å²) in [5, 5.41) is 7.60. The zero-order chi connectivity index (χ0) is 16.7. The SMILES string of the molecule is COc1ccc(NC(=S)NCCC[NH+]2CC[NH+](C)CC2)cc1Cl. The van der Waals surface area contributed by atoms with Crippen molar-refractivity contribution in [3.05, 3.63) is 23.2 Å². The summed E-state index contributed by atoms with van der Waals surface area (Å²) in [4.78, 5) is 3.36. The molecule has 128 valence electrons. The molecule has 0 bridgehead atoms.